The number of carbonyl (C=O) groups excluding carboxylic acids is 1. The van der Waals surface area contributed by atoms with Gasteiger partial charge in [0, 0.05) is 21.7 Å². The lowest BCUT2D eigenvalue weighted by Gasteiger charge is -2.21. The second kappa shape index (κ2) is 12.3. The monoisotopic (exact) mass is 539 g/mol. The molecule has 0 bridgehead atoms. The van der Waals surface area contributed by atoms with Gasteiger partial charge < -0.3 is 16.8 Å². The highest BCUT2D eigenvalue weighted by Gasteiger charge is 2.16. The highest BCUT2D eigenvalue weighted by atomic mass is 35.5. The Kier molecular flexibility index (Phi) is 9.42. The van der Waals surface area contributed by atoms with E-state index in [2.05, 4.69) is 15.6 Å². The highest BCUT2D eigenvalue weighted by molar-refractivity contribution is 6.31. The Morgan fingerprint density at radius 2 is 1.66 bits per heavy atom. The number of nitrogens with zero attached hydrogens (tertiary/aromatic N) is 1. The van der Waals surface area contributed by atoms with Crippen LogP contribution in [0.15, 0.2) is 65.7 Å². The first-order chi connectivity index (χ1) is 16.6. The van der Waals surface area contributed by atoms with Crippen LogP contribution in [0.25, 0.3) is 0 Å². The lowest BCUT2D eigenvalue weighted by atomic mass is 10.0. The first-order valence-electron chi connectivity index (χ1n) is 10.4. The molecule has 1 amide bonds. The summed E-state index contributed by atoms with van der Waals surface area (Å²) in [5.41, 5.74) is 13.8. The molecule has 3 aromatic carbocycles. The molecule has 11 heteroatoms. The second-order valence-corrected chi connectivity index (χ2v) is 8.88. The van der Waals surface area contributed by atoms with Crippen molar-refractivity contribution in [2.45, 2.75) is 25.2 Å². The number of guanidine groups is 1. The van der Waals surface area contributed by atoms with E-state index in [9.17, 15) is 13.6 Å². The van der Waals surface area contributed by atoms with E-state index in [1.165, 1.54) is 24.3 Å². The number of carbonyl (C=O) groups is 1. The van der Waals surface area contributed by atoms with Gasteiger partial charge in [-0.15, -0.1) is 0 Å². The molecule has 0 saturated heterocycles. The van der Waals surface area contributed by atoms with Gasteiger partial charge in [-0.2, -0.15) is 0 Å². The van der Waals surface area contributed by atoms with Crippen molar-refractivity contribution >= 4 is 46.7 Å². The summed E-state index contributed by atoms with van der Waals surface area (Å²) in [6.45, 7) is 0.00661. The molecule has 0 aromatic heterocycles. The summed E-state index contributed by atoms with van der Waals surface area (Å²) in [7, 11) is 0. The van der Waals surface area contributed by atoms with Crippen LogP contribution in [0.2, 0.25) is 15.1 Å². The number of halogens is 5. The molecular weight excluding hydrogens is 519 g/mol. The van der Waals surface area contributed by atoms with Crippen LogP contribution in [0, 0.1) is 11.6 Å². The molecule has 0 heterocycles. The van der Waals surface area contributed by atoms with Gasteiger partial charge in [-0.25, -0.2) is 13.8 Å². The number of hydrogen-bond donors (Lipinski definition) is 4. The second-order valence-electron chi connectivity index (χ2n) is 7.63. The van der Waals surface area contributed by atoms with E-state index >= 15 is 0 Å². The van der Waals surface area contributed by atoms with Crippen LogP contribution in [0.4, 0.5) is 8.78 Å². The van der Waals surface area contributed by atoms with Gasteiger partial charge >= 0.3 is 0 Å². The summed E-state index contributed by atoms with van der Waals surface area (Å²) < 4.78 is 27.2. The van der Waals surface area contributed by atoms with Gasteiger partial charge in [0.2, 0.25) is 0 Å². The number of rotatable bonds is 7. The predicted molar refractivity (Wildman–Crippen MR) is 136 cm³/mol. The Morgan fingerprint density at radius 3 is 2.31 bits per heavy atom. The van der Waals surface area contributed by atoms with Crippen LogP contribution in [0.3, 0.4) is 0 Å². The van der Waals surface area contributed by atoms with E-state index in [0.717, 1.165) is 17.7 Å². The lowest BCUT2D eigenvalue weighted by molar-refractivity contribution is 0.0975. The van der Waals surface area contributed by atoms with Gasteiger partial charge in [0.05, 0.1) is 17.7 Å². The third-order valence-corrected chi connectivity index (χ3v) is 5.87. The molecule has 184 valence electrons. The zero-order chi connectivity index (χ0) is 25.5. The first-order valence-corrected chi connectivity index (χ1v) is 11.5. The number of nitrogens with one attached hydrogen (secondary N) is 2. The number of nitrogens with two attached hydrogens (primary N) is 2. The van der Waals surface area contributed by atoms with E-state index < -0.39 is 29.7 Å². The van der Waals surface area contributed by atoms with Crippen molar-refractivity contribution in [3.8, 4) is 0 Å². The summed E-state index contributed by atoms with van der Waals surface area (Å²) in [6.07, 6.45) is -0.436. The molecule has 0 radical (unpaired) electrons. The molecule has 0 saturated carbocycles. The third kappa shape index (κ3) is 7.88. The lowest BCUT2D eigenvalue weighted by Crippen LogP contribution is -2.50. The summed E-state index contributed by atoms with van der Waals surface area (Å²) in [5, 5.41) is 6.12. The predicted octanol–water partition coefficient (Wildman–Crippen LogP) is 5.18. The van der Waals surface area contributed by atoms with Crippen LogP contribution in [-0.2, 0) is 6.54 Å². The summed E-state index contributed by atoms with van der Waals surface area (Å²) in [6, 6.07) is 14.1. The van der Waals surface area contributed by atoms with Crippen molar-refractivity contribution in [2.75, 3.05) is 0 Å². The molecule has 0 aliphatic heterocycles. The van der Waals surface area contributed by atoms with Crippen molar-refractivity contribution in [3.05, 3.63) is 104 Å². The minimum atomic E-state index is -0.741. The number of aliphatic imine (C=N–C) groups is 1. The minimum Gasteiger partial charge on any atom is -0.341 e. The maximum Gasteiger partial charge on any atom is 0.258 e. The van der Waals surface area contributed by atoms with Crippen LogP contribution in [-0.4, -0.2) is 18.0 Å². The van der Waals surface area contributed by atoms with Gasteiger partial charge in [-0.1, -0.05) is 53.0 Å². The zero-order valence-corrected chi connectivity index (χ0v) is 20.5. The summed E-state index contributed by atoms with van der Waals surface area (Å²) >= 11 is 17.7. The smallest absolute Gasteiger partial charge is 0.258 e. The highest BCUT2D eigenvalue weighted by Crippen LogP contribution is 2.19. The Labute approximate surface area is 216 Å². The van der Waals surface area contributed by atoms with Crippen LogP contribution in [0.1, 0.15) is 33.9 Å². The van der Waals surface area contributed by atoms with Crippen molar-refractivity contribution in [1.82, 2.24) is 10.6 Å². The summed E-state index contributed by atoms with van der Waals surface area (Å²) in [4.78, 5) is 17.0. The molecule has 35 heavy (non-hydrogen) atoms. The maximum absolute atomic E-state index is 13.8. The van der Waals surface area contributed by atoms with E-state index in [4.69, 9.17) is 46.3 Å². The zero-order valence-electron chi connectivity index (χ0n) is 18.2. The van der Waals surface area contributed by atoms with E-state index in [1.807, 2.05) is 0 Å². The van der Waals surface area contributed by atoms with Gasteiger partial charge in [0.15, 0.2) is 5.96 Å². The standard InChI is InChI=1S/C24H22Cl3F2N5O/c25-16-5-1-13(2-6-16)21(30)11-22(31)33-24(32-12-15-3-7-17(28)10-19(15)27)34-23(35)14-4-8-18(26)20(29)9-14/h1-10,21-22H,11-12,30-31H2,(H2,32,33,34,35). The number of hydrogen-bond acceptors (Lipinski definition) is 4. The van der Waals surface area contributed by atoms with Crippen molar-refractivity contribution < 1.29 is 13.6 Å². The normalized spacial score (nSPS) is 13.3. The van der Waals surface area contributed by atoms with Crippen molar-refractivity contribution in [1.29, 1.82) is 0 Å². The first kappa shape index (κ1) is 26.8. The Balaban J connectivity index is 1.76. The Morgan fingerprint density at radius 1 is 0.943 bits per heavy atom. The van der Waals surface area contributed by atoms with Crippen LogP contribution >= 0.6 is 34.8 Å². The molecule has 0 spiro atoms. The van der Waals surface area contributed by atoms with Gasteiger partial charge in [-0.3, -0.25) is 10.1 Å². The van der Waals surface area contributed by atoms with E-state index in [-0.39, 0.29) is 34.5 Å². The van der Waals surface area contributed by atoms with Crippen molar-refractivity contribution in [3.63, 3.8) is 0 Å². The molecule has 2 unspecified atom stereocenters. The van der Waals surface area contributed by atoms with E-state index in [1.54, 1.807) is 24.3 Å². The molecular formula is C24H22Cl3F2N5O. The van der Waals surface area contributed by atoms with Gasteiger partial charge in [0.1, 0.15) is 11.6 Å². The molecule has 2 atom stereocenters. The Hall–Kier alpha value is -2.75. The van der Waals surface area contributed by atoms with E-state index in [0.29, 0.717) is 10.6 Å². The summed E-state index contributed by atoms with van der Waals surface area (Å²) in [5.74, 6) is -1.88. The molecule has 3 aromatic rings. The van der Waals surface area contributed by atoms with Crippen LogP contribution < -0.4 is 22.1 Å². The molecule has 0 aliphatic carbocycles. The maximum atomic E-state index is 13.8. The quantitative estimate of drug-likeness (QED) is 0.188. The number of benzene rings is 3. The molecule has 3 rings (SSSR count). The largest absolute Gasteiger partial charge is 0.341 e. The fourth-order valence-corrected chi connectivity index (χ4v) is 3.58. The SMILES string of the molecule is NC(CC(N)c1ccc(Cl)cc1)NC(=NCc1ccc(F)cc1Cl)NC(=O)c1ccc(Cl)c(F)c1. The minimum absolute atomic E-state index is 0.00144. The van der Waals surface area contributed by atoms with Crippen LogP contribution in [0.5, 0.6) is 0 Å². The van der Waals surface area contributed by atoms with Gasteiger partial charge in [-0.05, 0) is 60.0 Å². The molecule has 0 fully saturated rings. The fraction of sp³-hybridized carbons (Fsp3) is 0.167. The van der Waals surface area contributed by atoms with Gasteiger partial charge in [0.25, 0.3) is 5.91 Å². The molecule has 0 aliphatic rings. The average molecular weight is 541 g/mol. The fourth-order valence-electron chi connectivity index (χ4n) is 3.11. The van der Waals surface area contributed by atoms with Crippen molar-refractivity contribution in [2.24, 2.45) is 16.5 Å². The molecule has 6 N–H and O–H groups in total. The Bertz CT molecular complexity index is 1220. The number of amides is 1. The topological polar surface area (TPSA) is 106 Å². The average Bonchev–Trinajstić information content (AvgIpc) is 2.80. The molecule has 6 nitrogen and oxygen atoms in total. The third-order valence-electron chi connectivity index (χ3n) is 4.96.